The topological polar surface area (TPSA) is 39.1 Å². The zero-order valence-electron chi connectivity index (χ0n) is 9.58. The Balaban J connectivity index is 1.79. The van der Waals surface area contributed by atoms with Gasteiger partial charge in [-0.2, -0.15) is 5.26 Å². The first kappa shape index (κ1) is 10.9. The smallest absolute Gasteiger partial charge is 0.108 e. The van der Waals surface area contributed by atoms with E-state index in [-0.39, 0.29) is 6.04 Å². The normalized spacial score (nSPS) is 32.5. The molecule has 0 bridgehead atoms. The average Bonchev–Trinajstić information content (AvgIpc) is 2.77. The van der Waals surface area contributed by atoms with E-state index in [1.54, 1.807) is 0 Å². The van der Waals surface area contributed by atoms with Gasteiger partial charge in [-0.3, -0.25) is 0 Å². The van der Waals surface area contributed by atoms with Crippen molar-refractivity contribution in [3.8, 4) is 6.07 Å². The number of hydrogen-bond donors (Lipinski definition) is 1. The van der Waals surface area contributed by atoms with E-state index in [1.807, 2.05) is 0 Å². The fourth-order valence-electron chi connectivity index (χ4n) is 3.14. The van der Waals surface area contributed by atoms with Gasteiger partial charge >= 0.3 is 0 Å². The lowest BCUT2D eigenvalue weighted by molar-refractivity contribution is 0.292. The first-order valence-electron chi connectivity index (χ1n) is 6.18. The SMILES string of the molecule is CCNC(C#N)CN1CC2CCCC2C1. The Labute approximate surface area is 92.4 Å². The fraction of sp³-hybridized carbons (Fsp3) is 0.917. The maximum Gasteiger partial charge on any atom is 0.108 e. The summed E-state index contributed by atoms with van der Waals surface area (Å²) in [4.78, 5) is 2.48. The second-order valence-electron chi connectivity index (χ2n) is 4.91. The van der Waals surface area contributed by atoms with Crippen LogP contribution in [0.1, 0.15) is 26.2 Å². The summed E-state index contributed by atoms with van der Waals surface area (Å²) >= 11 is 0. The van der Waals surface area contributed by atoms with Gasteiger partial charge in [0.15, 0.2) is 0 Å². The lowest BCUT2D eigenvalue weighted by Gasteiger charge is -2.20. The standard InChI is InChI=1S/C12H21N3/c1-2-14-12(6-13)9-15-7-10-4-3-5-11(10)8-15/h10-12,14H,2-5,7-9H2,1H3. The van der Waals surface area contributed by atoms with Crippen LogP contribution in [0.2, 0.25) is 0 Å². The van der Waals surface area contributed by atoms with Gasteiger partial charge in [0.05, 0.1) is 6.07 Å². The Bertz CT molecular complexity index is 234. The van der Waals surface area contributed by atoms with Crippen molar-refractivity contribution in [2.24, 2.45) is 11.8 Å². The van der Waals surface area contributed by atoms with Crippen LogP contribution in [0, 0.1) is 23.2 Å². The number of nitrogens with one attached hydrogen (secondary N) is 1. The molecule has 84 valence electrons. The van der Waals surface area contributed by atoms with Crippen LogP contribution in [0.5, 0.6) is 0 Å². The fourth-order valence-corrected chi connectivity index (χ4v) is 3.14. The van der Waals surface area contributed by atoms with Crippen LogP contribution in [-0.4, -0.2) is 37.1 Å². The monoisotopic (exact) mass is 207 g/mol. The van der Waals surface area contributed by atoms with E-state index in [4.69, 9.17) is 5.26 Å². The molecule has 1 aliphatic heterocycles. The summed E-state index contributed by atoms with van der Waals surface area (Å²) in [6, 6.07) is 2.36. The number of nitriles is 1. The van der Waals surface area contributed by atoms with Gasteiger partial charge in [-0.05, 0) is 31.2 Å². The Hall–Kier alpha value is -0.590. The molecule has 2 rings (SSSR count). The predicted molar refractivity (Wildman–Crippen MR) is 60.3 cm³/mol. The molecule has 0 amide bonds. The van der Waals surface area contributed by atoms with Crippen LogP contribution in [0.25, 0.3) is 0 Å². The van der Waals surface area contributed by atoms with Crippen LogP contribution in [-0.2, 0) is 0 Å². The van der Waals surface area contributed by atoms with Gasteiger partial charge in [-0.25, -0.2) is 0 Å². The highest BCUT2D eigenvalue weighted by atomic mass is 15.2. The molecule has 3 unspecified atom stereocenters. The summed E-state index contributed by atoms with van der Waals surface area (Å²) in [7, 11) is 0. The first-order valence-corrected chi connectivity index (χ1v) is 6.18. The summed E-state index contributed by atoms with van der Waals surface area (Å²) in [5, 5.41) is 12.2. The minimum Gasteiger partial charge on any atom is -0.301 e. The van der Waals surface area contributed by atoms with Gasteiger partial charge in [0.25, 0.3) is 0 Å². The zero-order valence-corrected chi connectivity index (χ0v) is 9.58. The number of hydrogen-bond acceptors (Lipinski definition) is 3. The van der Waals surface area contributed by atoms with E-state index in [2.05, 4.69) is 23.2 Å². The van der Waals surface area contributed by atoms with Gasteiger partial charge in [-0.15, -0.1) is 0 Å². The van der Waals surface area contributed by atoms with Crippen LogP contribution in [0.4, 0.5) is 0 Å². The Kier molecular flexibility index (Phi) is 3.61. The Morgan fingerprint density at radius 3 is 2.60 bits per heavy atom. The molecule has 0 spiro atoms. The highest BCUT2D eigenvalue weighted by Crippen LogP contribution is 2.37. The number of likely N-dealkylation sites (tertiary alicyclic amines) is 1. The summed E-state index contributed by atoms with van der Waals surface area (Å²) in [6.45, 7) is 6.32. The van der Waals surface area contributed by atoms with Crippen molar-refractivity contribution in [2.75, 3.05) is 26.2 Å². The third kappa shape index (κ3) is 2.50. The molecule has 1 saturated carbocycles. The molecule has 1 saturated heterocycles. The maximum atomic E-state index is 8.98. The van der Waals surface area contributed by atoms with Gasteiger partial charge in [-0.1, -0.05) is 13.3 Å². The predicted octanol–water partition coefficient (Wildman–Crippen LogP) is 1.22. The molecule has 0 radical (unpaired) electrons. The van der Waals surface area contributed by atoms with Crippen molar-refractivity contribution in [2.45, 2.75) is 32.2 Å². The van der Waals surface area contributed by atoms with E-state index in [0.717, 1.165) is 24.9 Å². The number of fused-ring (bicyclic) bond motifs is 1. The van der Waals surface area contributed by atoms with Crippen LogP contribution >= 0.6 is 0 Å². The molecule has 0 aromatic rings. The van der Waals surface area contributed by atoms with E-state index < -0.39 is 0 Å². The molecule has 0 aromatic carbocycles. The molecular formula is C12H21N3. The highest BCUT2D eigenvalue weighted by molar-refractivity contribution is 4.96. The molecule has 2 aliphatic rings. The zero-order chi connectivity index (χ0) is 10.7. The molecule has 15 heavy (non-hydrogen) atoms. The molecule has 3 atom stereocenters. The quantitative estimate of drug-likeness (QED) is 0.753. The third-order valence-corrected chi connectivity index (χ3v) is 3.85. The molecule has 0 aromatic heterocycles. The van der Waals surface area contributed by atoms with E-state index in [1.165, 1.54) is 32.4 Å². The van der Waals surface area contributed by atoms with Crippen molar-refractivity contribution in [1.29, 1.82) is 5.26 Å². The van der Waals surface area contributed by atoms with Gasteiger partial charge in [0.1, 0.15) is 6.04 Å². The molecule has 3 nitrogen and oxygen atoms in total. The Morgan fingerprint density at radius 2 is 2.07 bits per heavy atom. The average molecular weight is 207 g/mol. The van der Waals surface area contributed by atoms with Gasteiger partial charge in [0, 0.05) is 19.6 Å². The molecule has 1 N–H and O–H groups in total. The van der Waals surface area contributed by atoms with Crippen molar-refractivity contribution >= 4 is 0 Å². The molecular weight excluding hydrogens is 186 g/mol. The minimum atomic E-state index is 0.0221. The van der Waals surface area contributed by atoms with Crippen LogP contribution in [0.3, 0.4) is 0 Å². The van der Waals surface area contributed by atoms with Crippen LogP contribution < -0.4 is 5.32 Å². The lowest BCUT2D eigenvalue weighted by Crippen LogP contribution is -2.39. The molecule has 3 heteroatoms. The van der Waals surface area contributed by atoms with Gasteiger partial charge < -0.3 is 10.2 Å². The van der Waals surface area contributed by atoms with Crippen LogP contribution in [0.15, 0.2) is 0 Å². The number of rotatable bonds is 4. The molecule has 1 heterocycles. The summed E-state index contributed by atoms with van der Waals surface area (Å²) < 4.78 is 0. The minimum absolute atomic E-state index is 0.0221. The Morgan fingerprint density at radius 1 is 1.40 bits per heavy atom. The summed E-state index contributed by atoms with van der Waals surface area (Å²) in [6.07, 6.45) is 4.26. The maximum absolute atomic E-state index is 8.98. The first-order chi connectivity index (χ1) is 7.33. The van der Waals surface area contributed by atoms with Gasteiger partial charge in [0.2, 0.25) is 0 Å². The van der Waals surface area contributed by atoms with E-state index in [0.29, 0.717) is 0 Å². The summed E-state index contributed by atoms with van der Waals surface area (Å²) in [5.41, 5.74) is 0. The van der Waals surface area contributed by atoms with E-state index in [9.17, 15) is 0 Å². The lowest BCUT2D eigenvalue weighted by atomic mass is 10.0. The molecule has 2 fully saturated rings. The van der Waals surface area contributed by atoms with Crippen molar-refractivity contribution < 1.29 is 0 Å². The van der Waals surface area contributed by atoms with Crippen molar-refractivity contribution in [3.05, 3.63) is 0 Å². The second-order valence-corrected chi connectivity index (χ2v) is 4.91. The number of nitrogens with zero attached hydrogens (tertiary/aromatic N) is 2. The largest absolute Gasteiger partial charge is 0.301 e. The molecule has 1 aliphatic carbocycles. The van der Waals surface area contributed by atoms with E-state index >= 15 is 0 Å². The highest BCUT2D eigenvalue weighted by Gasteiger charge is 2.36. The second kappa shape index (κ2) is 4.96. The van der Waals surface area contributed by atoms with Crippen molar-refractivity contribution in [3.63, 3.8) is 0 Å². The van der Waals surface area contributed by atoms with Crippen molar-refractivity contribution in [1.82, 2.24) is 10.2 Å². The third-order valence-electron chi connectivity index (χ3n) is 3.85. The summed E-state index contributed by atoms with van der Waals surface area (Å²) in [5.74, 6) is 1.87. The number of likely N-dealkylation sites (N-methyl/N-ethyl adjacent to an activating group) is 1.